The molecule has 0 amide bonds. The maximum Gasteiger partial charge on any atom is 0.371 e. The maximum absolute atomic E-state index is 10.8. The minimum absolute atomic E-state index is 0.0280. The topological polar surface area (TPSA) is 63.3 Å². The van der Waals surface area contributed by atoms with E-state index < -0.39 is 5.97 Å². The van der Waals surface area contributed by atoms with Gasteiger partial charge in [-0.2, -0.15) is 0 Å². The van der Waals surface area contributed by atoms with Crippen LogP contribution in [-0.4, -0.2) is 16.1 Å². The third kappa shape index (κ3) is 2.64. The molecule has 3 rings (SSSR count). The van der Waals surface area contributed by atoms with Gasteiger partial charge in [0.25, 0.3) is 0 Å². The summed E-state index contributed by atoms with van der Waals surface area (Å²) in [5, 5.41) is 11.6. The lowest BCUT2D eigenvalue weighted by Gasteiger charge is -1.98. The number of aromatic carboxylic acids is 1. The Balaban J connectivity index is 1.82. The van der Waals surface area contributed by atoms with Gasteiger partial charge in [-0.05, 0) is 23.8 Å². The number of nitrogens with zero attached hydrogens (tertiary/aromatic N) is 1. The van der Waals surface area contributed by atoms with E-state index in [-0.39, 0.29) is 5.76 Å². The molecule has 19 heavy (non-hydrogen) atoms. The molecule has 0 atom stereocenters. The van der Waals surface area contributed by atoms with E-state index in [1.807, 2.05) is 17.5 Å². The molecule has 0 unspecified atom stereocenters. The molecule has 0 spiro atoms. The number of carboxylic acids is 1. The Hall–Kier alpha value is -1.79. The van der Waals surface area contributed by atoms with Crippen molar-refractivity contribution in [2.24, 2.45) is 0 Å². The fraction of sp³-hybridized carbons (Fsp3) is 0.0769. The van der Waals surface area contributed by atoms with E-state index >= 15 is 0 Å². The Morgan fingerprint density at radius 2 is 2.32 bits per heavy atom. The zero-order chi connectivity index (χ0) is 13.2. The van der Waals surface area contributed by atoms with Crippen molar-refractivity contribution < 1.29 is 14.3 Å². The summed E-state index contributed by atoms with van der Waals surface area (Å²) < 4.78 is 6.24. The van der Waals surface area contributed by atoms with Crippen LogP contribution in [0.3, 0.4) is 0 Å². The number of rotatable bonds is 4. The number of thioether (sulfide) groups is 1. The van der Waals surface area contributed by atoms with Crippen LogP contribution in [0.15, 0.2) is 44.6 Å². The van der Waals surface area contributed by atoms with Crippen LogP contribution < -0.4 is 0 Å². The number of carbonyl (C=O) groups is 1. The molecular formula is C13H9NO3S2. The van der Waals surface area contributed by atoms with Crippen LogP contribution in [0.2, 0.25) is 0 Å². The molecule has 6 heteroatoms. The van der Waals surface area contributed by atoms with Gasteiger partial charge in [0.05, 0.1) is 0 Å². The predicted molar refractivity (Wildman–Crippen MR) is 74.8 cm³/mol. The maximum atomic E-state index is 10.8. The van der Waals surface area contributed by atoms with Crippen LogP contribution in [0.5, 0.6) is 0 Å². The zero-order valence-corrected chi connectivity index (χ0v) is 11.3. The molecular weight excluding hydrogens is 282 g/mol. The number of benzene rings is 1. The molecule has 0 saturated carbocycles. The number of fused-ring (bicyclic) bond motifs is 1. The standard InChI is InChI=1S/C13H9NO3S2/c15-12(16)11-6-9-5-8(1-2-10(9)17-11)7-19-13-14-3-4-18-13/h1-6H,7H2,(H,15,16). The van der Waals surface area contributed by atoms with Crippen LogP contribution in [0.25, 0.3) is 11.0 Å². The molecule has 0 saturated heterocycles. The van der Waals surface area contributed by atoms with Crippen LogP contribution in [0.1, 0.15) is 16.1 Å². The second kappa shape index (κ2) is 5.07. The molecule has 0 fully saturated rings. The monoisotopic (exact) mass is 291 g/mol. The van der Waals surface area contributed by atoms with Gasteiger partial charge in [0.15, 0.2) is 0 Å². The van der Waals surface area contributed by atoms with Gasteiger partial charge in [-0.3, -0.25) is 0 Å². The van der Waals surface area contributed by atoms with Gasteiger partial charge in [0.2, 0.25) is 5.76 Å². The average molecular weight is 291 g/mol. The van der Waals surface area contributed by atoms with Crippen molar-refractivity contribution in [3.05, 3.63) is 47.2 Å². The summed E-state index contributed by atoms with van der Waals surface area (Å²) in [6, 6.07) is 7.25. The highest BCUT2D eigenvalue weighted by Crippen LogP contribution is 2.27. The van der Waals surface area contributed by atoms with Gasteiger partial charge in [-0.25, -0.2) is 9.78 Å². The fourth-order valence-corrected chi connectivity index (χ4v) is 3.30. The van der Waals surface area contributed by atoms with Gasteiger partial charge >= 0.3 is 5.97 Å². The van der Waals surface area contributed by atoms with Crippen LogP contribution in [0.4, 0.5) is 0 Å². The molecule has 3 aromatic rings. The van der Waals surface area contributed by atoms with Crippen molar-refractivity contribution in [3.8, 4) is 0 Å². The highest BCUT2D eigenvalue weighted by Gasteiger charge is 2.10. The summed E-state index contributed by atoms with van der Waals surface area (Å²) >= 11 is 3.27. The van der Waals surface area contributed by atoms with Crippen molar-refractivity contribution in [2.45, 2.75) is 10.1 Å². The van der Waals surface area contributed by atoms with E-state index in [0.717, 1.165) is 21.0 Å². The summed E-state index contributed by atoms with van der Waals surface area (Å²) in [6.07, 6.45) is 1.78. The lowest BCUT2D eigenvalue weighted by Crippen LogP contribution is -1.91. The Kier molecular flexibility index (Phi) is 3.27. The lowest BCUT2D eigenvalue weighted by atomic mass is 10.2. The van der Waals surface area contributed by atoms with Gasteiger partial charge in [0.1, 0.15) is 9.92 Å². The number of carboxylic acid groups (broad SMARTS) is 1. The van der Waals surface area contributed by atoms with E-state index in [4.69, 9.17) is 9.52 Å². The third-order valence-corrected chi connectivity index (χ3v) is 4.60. The molecule has 0 radical (unpaired) electrons. The zero-order valence-electron chi connectivity index (χ0n) is 9.70. The van der Waals surface area contributed by atoms with Gasteiger partial charge in [0, 0.05) is 22.7 Å². The Morgan fingerprint density at radius 1 is 1.42 bits per heavy atom. The van der Waals surface area contributed by atoms with Gasteiger partial charge in [-0.1, -0.05) is 17.8 Å². The minimum atomic E-state index is -1.05. The molecule has 96 valence electrons. The molecule has 2 heterocycles. The second-order valence-corrected chi connectivity index (χ2v) is 5.99. The summed E-state index contributed by atoms with van der Waals surface area (Å²) in [5.74, 6) is -0.272. The Morgan fingerprint density at radius 3 is 3.05 bits per heavy atom. The molecule has 4 nitrogen and oxygen atoms in total. The molecule has 0 aliphatic carbocycles. The fourth-order valence-electron chi connectivity index (χ4n) is 1.71. The normalized spacial score (nSPS) is 10.9. The highest BCUT2D eigenvalue weighted by molar-refractivity contribution is 8.00. The predicted octanol–water partition coefficient (Wildman–Crippen LogP) is 3.88. The van der Waals surface area contributed by atoms with Crippen molar-refractivity contribution >= 4 is 40.0 Å². The lowest BCUT2D eigenvalue weighted by molar-refractivity contribution is 0.0665. The molecule has 0 bridgehead atoms. The first-order valence-electron chi connectivity index (χ1n) is 5.50. The SMILES string of the molecule is O=C(O)c1cc2cc(CSc3nccs3)ccc2o1. The molecule has 2 aromatic heterocycles. The average Bonchev–Trinajstić information content (AvgIpc) is 3.04. The van der Waals surface area contributed by atoms with Gasteiger partial charge in [-0.15, -0.1) is 11.3 Å². The van der Waals surface area contributed by atoms with Crippen molar-refractivity contribution in [1.29, 1.82) is 0 Å². The number of hydrogen-bond donors (Lipinski definition) is 1. The molecule has 0 aliphatic rings. The third-order valence-electron chi connectivity index (χ3n) is 2.56. The molecule has 0 aliphatic heterocycles. The van der Waals surface area contributed by atoms with Crippen LogP contribution in [-0.2, 0) is 5.75 Å². The minimum Gasteiger partial charge on any atom is -0.475 e. The second-order valence-electron chi connectivity index (χ2n) is 3.87. The quantitative estimate of drug-likeness (QED) is 0.739. The number of hydrogen-bond acceptors (Lipinski definition) is 5. The summed E-state index contributed by atoms with van der Waals surface area (Å²) in [6.45, 7) is 0. The van der Waals surface area contributed by atoms with E-state index in [2.05, 4.69) is 4.98 Å². The van der Waals surface area contributed by atoms with Gasteiger partial charge < -0.3 is 9.52 Å². The smallest absolute Gasteiger partial charge is 0.371 e. The van der Waals surface area contributed by atoms with E-state index in [1.54, 1.807) is 41.4 Å². The van der Waals surface area contributed by atoms with Crippen LogP contribution in [0, 0.1) is 0 Å². The number of aromatic nitrogens is 1. The first-order valence-corrected chi connectivity index (χ1v) is 7.37. The van der Waals surface area contributed by atoms with E-state index in [0.29, 0.717) is 5.58 Å². The Bertz CT molecular complexity index is 719. The summed E-state index contributed by atoms with van der Waals surface area (Å²) in [4.78, 5) is 15.0. The van der Waals surface area contributed by atoms with E-state index in [1.165, 1.54) is 0 Å². The van der Waals surface area contributed by atoms with E-state index in [9.17, 15) is 4.79 Å². The summed E-state index contributed by atoms with van der Waals surface area (Å²) in [7, 11) is 0. The highest BCUT2D eigenvalue weighted by atomic mass is 32.2. The molecule has 1 N–H and O–H groups in total. The number of furan rings is 1. The first-order chi connectivity index (χ1) is 9.22. The molecule has 1 aromatic carbocycles. The first kappa shape index (κ1) is 12.3. The summed E-state index contributed by atoms with van der Waals surface area (Å²) in [5.41, 5.74) is 1.71. The van der Waals surface area contributed by atoms with Crippen molar-refractivity contribution in [1.82, 2.24) is 4.98 Å². The largest absolute Gasteiger partial charge is 0.475 e. The number of thiazole rings is 1. The Labute approximate surface area is 117 Å². The van der Waals surface area contributed by atoms with Crippen LogP contribution >= 0.6 is 23.1 Å². The van der Waals surface area contributed by atoms with Crippen molar-refractivity contribution in [2.75, 3.05) is 0 Å². The van der Waals surface area contributed by atoms with Crippen molar-refractivity contribution in [3.63, 3.8) is 0 Å².